The molecule has 10 heteroatoms. The number of aromatic nitrogens is 1. The molecule has 1 N–H and O–H groups in total. The van der Waals surface area contributed by atoms with E-state index >= 15 is 0 Å². The Labute approximate surface area is 269 Å². The van der Waals surface area contributed by atoms with Crippen LogP contribution in [0.1, 0.15) is 133 Å². The van der Waals surface area contributed by atoms with Gasteiger partial charge in [0.1, 0.15) is 30.5 Å². The van der Waals surface area contributed by atoms with Crippen LogP contribution in [0.25, 0.3) is 0 Å². The van der Waals surface area contributed by atoms with E-state index in [1.807, 2.05) is 0 Å². The van der Waals surface area contributed by atoms with Gasteiger partial charge in [0.2, 0.25) is 22.5 Å². The van der Waals surface area contributed by atoms with E-state index < -0.39 is 22.7 Å². The third kappa shape index (κ3) is 8.33. The van der Waals surface area contributed by atoms with Crippen molar-refractivity contribution in [3.63, 3.8) is 0 Å². The van der Waals surface area contributed by atoms with Gasteiger partial charge >= 0.3 is 0 Å². The van der Waals surface area contributed by atoms with Crippen molar-refractivity contribution in [2.24, 2.45) is 0 Å². The van der Waals surface area contributed by atoms with Crippen LogP contribution in [0.15, 0.2) is 10.7 Å². The van der Waals surface area contributed by atoms with Crippen molar-refractivity contribution >= 4 is 22.4 Å². The number of oxazole rings is 1. The molecule has 2 saturated heterocycles. The monoisotopic (exact) mass is 653 g/mol. The van der Waals surface area contributed by atoms with Crippen LogP contribution in [0.3, 0.4) is 0 Å². The first-order valence-electron chi connectivity index (χ1n) is 17.3. The molecule has 0 amide bonds. The number of carbonyl (C=O) groups is 1. The predicted octanol–water partition coefficient (Wildman–Crippen LogP) is 8.65. The van der Waals surface area contributed by atoms with Gasteiger partial charge in [-0.25, -0.2) is 4.98 Å². The fourth-order valence-electron chi connectivity index (χ4n) is 8.83. The zero-order valence-corrected chi connectivity index (χ0v) is 31.7. The third-order valence-electron chi connectivity index (χ3n) is 10.5. The minimum atomic E-state index is -2.15. The molecule has 2 aliphatic heterocycles. The lowest BCUT2D eigenvalue weighted by Gasteiger charge is -2.47. The maximum absolute atomic E-state index is 12.4. The van der Waals surface area contributed by atoms with Crippen LogP contribution >= 0.6 is 0 Å². The summed E-state index contributed by atoms with van der Waals surface area (Å²) in [6.07, 6.45) is 3.23. The average Bonchev–Trinajstić information content (AvgIpc) is 3.39. The molecule has 44 heavy (non-hydrogen) atoms. The zero-order chi connectivity index (χ0) is 33.0. The first-order valence-corrected chi connectivity index (χ1v) is 21.5. The fourth-order valence-corrected chi connectivity index (χ4v) is 19.8. The molecule has 1 aromatic heterocycles. The molecule has 0 saturated carbocycles. The van der Waals surface area contributed by atoms with Gasteiger partial charge in [-0.1, -0.05) is 83.1 Å². The van der Waals surface area contributed by atoms with E-state index in [0.717, 1.165) is 12.1 Å². The van der Waals surface area contributed by atoms with E-state index in [1.165, 1.54) is 0 Å². The van der Waals surface area contributed by atoms with Crippen molar-refractivity contribution in [3.8, 4) is 0 Å². The second-order valence-corrected chi connectivity index (χ2v) is 26.2. The van der Waals surface area contributed by atoms with Gasteiger partial charge in [0.15, 0.2) is 0 Å². The van der Waals surface area contributed by atoms with Gasteiger partial charge in [0.25, 0.3) is 0 Å². The number of ketones is 1. The molecule has 0 bridgehead atoms. The minimum Gasteiger partial charge on any atom is -0.446 e. The number of Topliss-reactive ketones (excluding diaryl/α,β-unsaturated/α-hetero) is 1. The van der Waals surface area contributed by atoms with Crippen molar-refractivity contribution in [1.29, 1.82) is 0 Å². The van der Waals surface area contributed by atoms with Crippen LogP contribution in [0.5, 0.6) is 0 Å². The molecule has 3 heterocycles. The van der Waals surface area contributed by atoms with Crippen LogP contribution in [0, 0.1) is 0 Å². The van der Waals surface area contributed by atoms with Gasteiger partial charge in [0.05, 0.1) is 31.0 Å². The maximum Gasteiger partial charge on any atom is 0.219 e. The van der Waals surface area contributed by atoms with E-state index in [4.69, 9.17) is 27.7 Å². The molecule has 2 aliphatic rings. The Bertz CT molecular complexity index is 997. The molecule has 2 fully saturated rings. The van der Waals surface area contributed by atoms with E-state index in [0.29, 0.717) is 65.0 Å². The van der Waals surface area contributed by atoms with Gasteiger partial charge in [-0.05, 0) is 39.7 Å². The zero-order valence-electron chi connectivity index (χ0n) is 29.7. The lowest BCUT2D eigenvalue weighted by atomic mass is 9.93. The standard InChI is InChI=1S/C34H63NO7Si2/c1-21(2)43(22(3)4,23(5)6)39-20-34-35-32(19-38-34)33-17-30(42-44(24(7)8,25(9)10)26(11)12)16-29(41-33)15-28-13-27(37)14-31(18-36)40-28/h19,21-26,28-31,33,36H,13-18,20H2,1-12H3/t28-,29-,30+,31-,33-/m1/s1. The second-order valence-electron chi connectivity index (χ2n) is 15.3. The molecular weight excluding hydrogens is 591 g/mol. The Morgan fingerprint density at radius 1 is 0.795 bits per heavy atom. The lowest BCUT2D eigenvalue weighted by molar-refractivity contribution is -0.150. The molecular formula is C34H63NO7Si2. The smallest absolute Gasteiger partial charge is 0.219 e. The highest BCUT2D eigenvalue weighted by molar-refractivity contribution is 6.78. The SMILES string of the molecule is CC(C)[Si](OCc1nc([C@H]2C[C@@H](O[Si](C(C)C)(C(C)C)C(C)C)C[C@@H](C[C@H]3CC(=O)C[C@H](CO)O3)O2)co1)(C(C)C)C(C)C. The molecule has 254 valence electrons. The van der Waals surface area contributed by atoms with Gasteiger partial charge in [0, 0.05) is 25.7 Å². The quantitative estimate of drug-likeness (QED) is 0.188. The van der Waals surface area contributed by atoms with Crippen LogP contribution in [0.4, 0.5) is 0 Å². The number of rotatable bonds is 15. The molecule has 0 spiro atoms. The summed E-state index contributed by atoms with van der Waals surface area (Å²) in [6, 6.07) is 0. The normalized spacial score (nSPS) is 25.9. The van der Waals surface area contributed by atoms with Gasteiger partial charge in [-0.2, -0.15) is 0 Å². The summed E-state index contributed by atoms with van der Waals surface area (Å²) in [5.74, 6) is 0.723. The van der Waals surface area contributed by atoms with Gasteiger partial charge < -0.3 is 27.8 Å². The Morgan fingerprint density at radius 2 is 1.34 bits per heavy atom. The number of carbonyl (C=O) groups excluding carboxylic acids is 1. The first kappa shape index (κ1) is 37.6. The van der Waals surface area contributed by atoms with Gasteiger partial charge in [-0.15, -0.1) is 0 Å². The van der Waals surface area contributed by atoms with Crippen LogP contribution in [-0.4, -0.2) is 63.5 Å². The Balaban J connectivity index is 1.86. The molecule has 1 aromatic rings. The van der Waals surface area contributed by atoms with E-state index in [1.54, 1.807) is 6.26 Å². The number of hydrogen-bond acceptors (Lipinski definition) is 8. The lowest BCUT2D eigenvalue weighted by Crippen LogP contribution is -2.52. The molecule has 0 aliphatic carbocycles. The van der Waals surface area contributed by atoms with Crippen molar-refractivity contribution in [1.82, 2.24) is 4.98 Å². The number of nitrogens with zero attached hydrogens (tertiary/aromatic N) is 1. The third-order valence-corrected chi connectivity index (χ3v) is 22.7. The highest BCUT2D eigenvalue weighted by Gasteiger charge is 2.49. The Morgan fingerprint density at radius 3 is 1.86 bits per heavy atom. The highest BCUT2D eigenvalue weighted by atomic mass is 28.4. The van der Waals surface area contributed by atoms with Crippen LogP contribution in [0.2, 0.25) is 33.2 Å². The molecule has 0 radical (unpaired) electrons. The van der Waals surface area contributed by atoms with Crippen molar-refractivity contribution in [2.45, 2.75) is 186 Å². The summed E-state index contributed by atoms with van der Waals surface area (Å²) in [4.78, 5) is 17.3. The molecule has 0 unspecified atom stereocenters. The summed E-state index contributed by atoms with van der Waals surface area (Å²) in [7, 11) is -4.22. The number of hydrogen-bond donors (Lipinski definition) is 1. The number of aliphatic hydroxyl groups excluding tert-OH is 1. The number of ether oxygens (including phenoxy) is 2. The van der Waals surface area contributed by atoms with Crippen LogP contribution < -0.4 is 0 Å². The average molecular weight is 654 g/mol. The molecule has 3 rings (SSSR count). The summed E-state index contributed by atoms with van der Waals surface area (Å²) in [5.41, 5.74) is 3.60. The topological polar surface area (TPSA) is 100 Å². The molecule has 0 aromatic carbocycles. The van der Waals surface area contributed by atoms with E-state index in [-0.39, 0.29) is 43.2 Å². The van der Waals surface area contributed by atoms with Crippen molar-refractivity contribution < 1.29 is 32.6 Å². The van der Waals surface area contributed by atoms with Crippen LogP contribution in [-0.2, 0) is 29.7 Å². The van der Waals surface area contributed by atoms with Crippen molar-refractivity contribution in [2.75, 3.05) is 6.61 Å². The minimum absolute atomic E-state index is 0.00447. The number of aliphatic hydroxyl groups is 1. The molecule has 8 nitrogen and oxygen atoms in total. The maximum atomic E-state index is 12.4. The predicted molar refractivity (Wildman–Crippen MR) is 180 cm³/mol. The molecule has 5 atom stereocenters. The van der Waals surface area contributed by atoms with E-state index in [2.05, 4.69) is 83.1 Å². The Kier molecular flexibility index (Phi) is 13.5. The highest BCUT2D eigenvalue weighted by Crippen LogP contribution is 2.46. The van der Waals surface area contributed by atoms with Crippen molar-refractivity contribution in [3.05, 3.63) is 17.8 Å². The Hall–Kier alpha value is -0.886. The second kappa shape index (κ2) is 15.8. The summed E-state index contributed by atoms with van der Waals surface area (Å²) >= 11 is 0. The van der Waals surface area contributed by atoms with Gasteiger partial charge in [-0.3, -0.25) is 4.79 Å². The summed E-state index contributed by atoms with van der Waals surface area (Å²) in [6.45, 7) is 27.8. The first-order chi connectivity index (χ1) is 20.6. The summed E-state index contributed by atoms with van der Waals surface area (Å²) < 4.78 is 32.9. The fraction of sp³-hybridized carbons (Fsp3) is 0.882. The van der Waals surface area contributed by atoms with E-state index in [9.17, 15) is 9.90 Å². The largest absolute Gasteiger partial charge is 0.446 e. The summed E-state index contributed by atoms with van der Waals surface area (Å²) in [5, 5.41) is 9.69.